The third-order valence-electron chi connectivity index (χ3n) is 5.08. The zero-order valence-corrected chi connectivity index (χ0v) is 17.6. The van der Waals surface area contributed by atoms with Crippen molar-refractivity contribution in [2.75, 3.05) is 11.4 Å². The van der Waals surface area contributed by atoms with Crippen LogP contribution in [0.4, 0.5) is 5.69 Å². The number of fused-ring (bicyclic) bond motifs is 1. The van der Waals surface area contributed by atoms with Crippen LogP contribution in [0.3, 0.4) is 0 Å². The summed E-state index contributed by atoms with van der Waals surface area (Å²) in [5, 5.41) is 2.90. The molecule has 0 radical (unpaired) electrons. The summed E-state index contributed by atoms with van der Waals surface area (Å²) in [6.45, 7) is 4.33. The topological polar surface area (TPSA) is 58.6 Å². The average Bonchev–Trinajstić information content (AvgIpc) is 2.76. The van der Waals surface area contributed by atoms with Crippen LogP contribution in [-0.2, 0) is 16.1 Å². The van der Waals surface area contributed by atoms with Crippen molar-refractivity contribution in [3.05, 3.63) is 101 Å². The van der Waals surface area contributed by atoms with Crippen LogP contribution in [-0.4, -0.2) is 18.4 Å². The van der Waals surface area contributed by atoms with Gasteiger partial charge in [0, 0.05) is 6.54 Å². The molecule has 0 unspecified atom stereocenters. The summed E-state index contributed by atoms with van der Waals surface area (Å²) < 4.78 is 5.88. The summed E-state index contributed by atoms with van der Waals surface area (Å²) in [6.07, 6.45) is 1.71. The van der Waals surface area contributed by atoms with Crippen LogP contribution >= 0.6 is 0 Å². The molecule has 2 amide bonds. The van der Waals surface area contributed by atoms with Gasteiger partial charge in [0.25, 0.3) is 5.91 Å². The molecule has 4 rings (SSSR count). The Kier molecular flexibility index (Phi) is 5.85. The highest BCUT2D eigenvalue weighted by Gasteiger charge is 2.31. The minimum atomic E-state index is -0.342. The molecule has 5 nitrogen and oxygen atoms in total. The van der Waals surface area contributed by atoms with Gasteiger partial charge in [-0.25, -0.2) is 0 Å². The van der Waals surface area contributed by atoms with Gasteiger partial charge in [0.05, 0.1) is 5.69 Å². The Bertz CT molecular complexity index is 1150. The first-order valence-corrected chi connectivity index (χ1v) is 10.2. The van der Waals surface area contributed by atoms with Gasteiger partial charge in [0.1, 0.15) is 6.54 Å². The van der Waals surface area contributed by atoms with Crippen LogP contribution in [0.1, 0.15) is 22.3 Å². The molecule has 31 heavy (non-hydrogen) atoms. The number of anilines is 1. The Hall–Kier alpha value is -3.86. The third-order valence-corrected chi connectivity index (χ3v) is 5.08. The number of rotatable bonds is 5. The van der Waals surface area contributed by atoms with Crippen LogP contribution in [0, 0.1) is 13.8 Å². The Morgan fingerprint density at radius 1 is 0.968 bits per heavy atom. The van der Waals surface area contributed by atoms with E-state index in [0.29, 0.717) is 18.0 Å². The number of para-hydroxylation sites is 2. The molecular formula is C26H24N2O3. The summed E-state index contributed by atoms with van der Waals surface area (Å²) in [5.41, 5.74) is 4.71. The van der Waals surface area contributed by atoms with Gasteiger partial charge in [-0.1, -0.05) is 71.8 Å². The zero-order chi connectivity index (χ0) is 21.8. The maximum absolute atomic E-state index is 13.2. The largest absolute Gasteiger partial charge is 0.449 e. The number of hydrogen-bond acceptors (Lipinski definition) is 3. The molecule has 156 valence electrons. The van der Waals surface area contributed by atoms with E-state index >= 15 is 0 Å². The maximum Gasteiger partial charge on any atom is 0.294 e. The standard InChI is InChI=1S/C26H24N2O3/c1-18-10-12-20(13-11-18)16-27-25(29)17-28-22-8-3-4-9-23(22)31-24(26(28)30)15-21-7-5-6-19(2)14-21/h3-15H,16-17H2,1-2H3,(H,27,29). The second-order valence-electron chi connectivity index (χ2n) is 7.65. The third kappa shape index (κ3) is 4.83. The van der Waals surface area contributed by atoms with Crippen LogP contribution < -0.4 is 15.0 Å². The molecule has 0 bridgehead atoms. The normalized spacial score (nSPS) is 14.2. The van der Waals surface area contributed by atoms with Crippen molar-refractivity contribution in [1.82, 2.24) is 5.32 Å². The smallest absolute Gasteiger partial charge is 0.294 e. The minimum absolute atomic E-state index is 0.0871. The molecule has 1 N–H and O–H groups in total. The maximum atomic E-state index is 13.2. The summed E-state index contributed by atoms with van der Waals surface area (Å²) in [5.74, 6) is 0.161. The van der Waals surface area contributed by atoms with E-state index in [2.05, 4.69) is 5.32 Å². The van der Waals surface area contributed by atoms with Gasteiger partial charge in [-0.15, -0.1) is 0 Å². The number of nitrogens with one attached hydrogen (secondary N) is 1. The zero-order valence-electron chi connectivity index (χ0n) is 17.6. The first-order valence-electron chi connectivity index (χ1n) is 10.2. The molecule has 0 saturated heterocycles. The van der Waals surface area contributed by atoms with E-state index in [0.717, 1.165) is 16.7 Å². The lowest BCUT2D eigenvalue weighted by atomic mass is 10.1. The van der Waals surface area contributed by atoms with E-state index in [1.807, 2.05) is 74.5 Å². The number of benzene rings is 3. The molecule has 0 aromatic heterocycles. The van der Waals surface area contributed by atoms with Crippen LogP contribution in [0.25, 0.3) is 6.08 Å². The van der Waals surface area contributed by atoms with E-state index in [4.69, 9.17) is 4.74 Å². The van der Waals surface area contributed by atoms with Gasteiger partial charge < -0.3 is 10.1 Å². The summed E-state index contributed by atoms with van der Waals surface area (Å²) >= 11 is 0. The number of nitrogens with zero attached hydrogens (tertiary/aromatic N) is 1. The lowest BCUT2D eigenvalue weighted by Gasteiger charge is -2.30. The highest BCUT2D eigenvalue weighted by Crippen LogP contribution is 2.35. The van der Waals surface area contributed by atoms with Crippen molar-refractivity contribution in [3.8, 4) is 5.75 Å². The van der Waals surface area contributed by atoms with Gasteiger partial charge in [-0.3, -0.25) is 14.5 Å². The fourth-order valence-corrected chi connectivity index (χ4v) is 3.44. The molecule has 0 spiro atoms. The predicted molar refractivity (Wildman–Crippen MR) is 122 cm³/mol. The highest BCUT2D eigenvalue weighted by molar-refractivity contribution is 6.12. The number of carbonyl (C=O) groups is 2. The summed E-state index contributed by atoms with van der Waals surface area (Å²) in [6, 6.07) is 23.0. The van der Waals surface area contributed by atoms with Crippen LogP contribution in [0.5, 0.6) is 5.75 Å². The minimum Gasteiger partial charge on any atom is -0.449 e. The van der Waals surface area contributed by atoms with Crippen LogP contribution in [0.15, 0.2) is 78.6 Å². The van der Waals surface area contributed by atoms with E-state index in [1.165, 1.54) is 10.5 Å². The molecule has 0 saturated carbocycles. The molecule has 0 atom stereocenters. The van der Waals surface area contributed by atoms with Gasteiger partial charge in [0.15, 0.2) is 11.5 Å². The van der Waals surface area contributed by atoms with E-state index in [-0.39, 0.29) is 24.1 Å². The van der Waals surface area contributed by atoms with Crippen molar-refractivity contribution in [1.29, 1.82) is 0 Å². The number of ether oxygens (including phenoxy) is 1. The Morgan fingerprint density at radius 3 is 2.52 bits per heavy atom. The number of aryl methyl sites for hydroxylation is 2. The van der Waals surface area contributed by atoms with Crippen molar-refractivity contribution < 1.29 is 14.3 Å². The molecule has 1 heterocycles. The molecule has 0 fully saturated rings. The summed E-state index contributed by atoms with van der Waals surface area (Å²) in [7, 11) is 0. The fourth-order valence-electron chi connectivity index (χ4n) is 3.44. The Balaban J connectivity index is 1.54. The van der Waals surface area contributed by atoms with Gasteiger partial charge in [-0.05, 0) is 43.2 Å². The molecule has 0 aliphatic carbocycles. The van der Waals surface area contributed by atoms with Gasteiger partial charge in [-0.2, -0.15) is 0 Å². The molecule has 5 heteroatoms. The second-order valence-corrected chi connectivity index (χ2v) is 7.65. The Morgan fingerprint density at radius 2 is 1.74 bits per heavy atom. The quantitative estimate of drug-likeness (QED) is 0.633. The monoisotopic (exact) mass is 412 g/mol. The second kappa shape index (κ2) is 8.88. The van der Waals surface area contributed by atoms with E-state index in [9.17, 15) is 9.59 Å². The highest BCUT2D eigenvalue weighted by atomic mass is 16.5. The van der Waals surface area contributed by atoms with E-state index in [1.54, 1.807) is 18.2 Å². The lowest BCUT2D eigenvalue weighted by Crippen LogP contribution is -2.44. The predicted octanol–water partition coefficient (Wildman–Crippen LogP) is 4.39. The van der Waals surface area contributed by atoms with Gasteiger partial charge in [0.2, 0.25) is 5.91 Å². The number of hydrogen-bond donors (Lipinski definition) is 1. The molecular weight excluding hydrogens is 388 g/mol. The SMILES string of the molecule is Cc1ccc(CNC(=O)CN2C(=O)C(=Cc3cccc(C)c3)Oc3ccccc32)cc1. The number of carbonyl (C=O) groups excluding carboxylic acids is 2. The van der Waals surface area contributed by atoms with E-state index < -0.39 is 0 Å². The molecule has 3 aromatic rings. The first-order chi connectivity index (χ1) is 15.0. The average molecular weight is 412 g/mol. The lowest BCUT2D eigenvalue weighted by molar-refractivity contribution is -0.123. The molecule has 3 aromatic carbocycles. The van der Waals surface area contributed by atoms with Crippen LogP contribution in [0.2, 0.25) is 0 Å². The number of amides is 2. The Labute approximate surface area is 182 Å². The van der Waals surface area contributed by atoms with Crippen molar-refractivity contribution in [3.63, 3.8) is 0 Å². The summed E-state index contributed by atoms with van der Waals surface area (Å²) in [4.78, 5) is 27.3. The van der Waals surface area contributed by atoms with Crippen molar-refractivity contribution in [2.45, 2.75) is 20.4 Å². The van der Waals surface area contributed by atoms with Crippen molar-refractivity contribution >= 4 is 23.6 Å². The van der Waals surface area contributed by atoms with Gasteiger partial charge >= 0.3 is 0 Å². The molecule has 1 aliphatic rings. The molecule has 1 aliphatic heterocycles. The fraction of sp³-hybridized carbons (Fsp3) is 0.154. The first kappa shape index (κ1) is 20.4. The van der Waals surface area contributed by atoms with Crippen molar-refractivity contribution in [2.24, 2.45) is 0 Å².